The molecule has 23 heavy (non-hydrogen) atoms. The number of amides is 2. The van der Waals surface area contributed by atoms with Crippen LogP contribution in [0.2, 0.25) is 0 Å². The molecule has 2 aromatic rings. The van der Waals surface area contributed by atoms with E-state index < -0.39 is 0 Å². The highest BCUT2D eigenvalue weighted by Gasteiger charge is 2.13. The van der Waals surface area contributed by atoms with Gasteiger partial charge in [0.15, 0.2) is 0 Å². The number of nitrogens with one attached hydrogen (secondary N) is 2. The summed E-state index contributed by atoms with van der Waals surface area (Å²) in [4.78, 5) is 24.6. The van der Waals surface area contributed by atoms with Crippen molar-refractivity contribution in [3.8, 4) is 0 Å². The zero-order valence-corrected chi connectivity index (χ0v) is 14.2. The van der Waals surface area contributed by atoms with E-state index in [0.717, 1.165) is 4.90 Å². The van der Waals surface area contributed by atoms with Crippen LogP contribution in [-0.2, 0) is 4.79 Å². The van der Waals surface area contributed by atoms with Crippen LogP contribution in [0.25, 0.3) is 0 Å². The van der Waals surface area contributed by atoms with Crippen LogP contribution in [0, 0.1) is 0 Å². The van der Waals surface area contributed by atoms with Gasteiger partial charge in [0.25, 0.3) is 5.91 Å². The van der Waals surface area contributed by atoms with Gasteiger partial charge in [0.2, 0.25) is 5.91 Å². The Morgan fingerprint density at radius 3 is 2.26 bits per heavy atom. The minimum absolute atomic E-state index is 0.146. The van der Waals surface area contributed by atoms with Crippen molar-refractivity contribution >= 4 is 35.0 Å². The van der Waals surface area contributed by atoms with Crippen molar-refractivity contribution in [3.05, 3.63) is 54.1 Å². The molecular formula is C18H20N2O2S. The molecule has 0 saturated carbocycles. The molecule has 2 rings (SSSR count). The number of benzene rings is 2. The highest BCUT2D eigenvalue weighted by Crippen LogP contribution is 2.27. The van der Waals surface area contributed by atoms with Crippen molar-refractivity contribution in [1.29, 1.82) is 0 Å². The topological polar surface area (TPSA) is 58.2 Å². The van der Waals surface area contributed by atoms with Crippen LogP contribution < -0.4 is 10.6 Å². The molecule has 2 N–H and O–H groups in total. The molecule has 2 amide bonds. The first-order valence-corrected chi connectivity index (χ1v) is 8.28. The summed E-state index contributed by atoms with van der Waals surface area (Å²) in [7, 11) is 0. The van der Waals surface area contributed by atoms with E-state index in [1.165, 1.54) is 6.92 Å². The maximum absolute atomic E-state index is 12.5. The van der Waals surface area contributed by atoms with E-state index in [1.54, 1.807) is 36.0 Å². The van der Waals surface area contributed by atoms with Crippen molar-refractivity contribution in [2.24, 2.45) is 0 Å². The highest BCUT2D eigenvalue weighted by molar-refractivity contribution is 8.00. The van der Waals surface area contributed by atoms with Crippen LogP contribution in [0.15, 0.2) is 53.4 Å². The van der Waals surface area contributed by atoms with Crippen molar-refractivity contribution in [2.45, 2.75) is 30.9 Å². The van der Waals surface area contributed by atoms with Crippen LogP contribution in [-0.4, -0.2) is 17.1 Å². The van der Waals surface area contributed by atoms with Gasteiger partial charge in [-0.25, -0.2) is 0 Å². The number of hydrogen-bond acceptors (Lipinski definition) is 3. The molecule has 5 heteroatoms. The van der Waals surface area contributed by atoms with Gasteiger partial charge in [-0.1, -0.05) is 32.0 Å². The molecule has 0 fully saturated rings. The first-order chi connectivity index (χ1) is 11.0. The molecule has 0 unspecified atom stereocenters. The molecule has 0 heterocycles. The molecule has 4 nitrogen and oxygen atoms in total. The van der Waals surface area contributed by atoms with Crippen molar-refractivity contribution in [1.82, 2.24) is 0 Å². The zero-order valence-electron chi connectivity index (χ0n) is 13.4. The predicted molar refractivity (Wildman–Crippen MR) is 96.1 cm³/mol. The fraction of sp³-hybridized carbons (Fsp3) is 0.222. The second-order valence-corrected chi connectivity index (χ2v) is 7.00. The summed E-state index contributed by atoms with van der Waals surface area (Å²) in [5.74, 6) is -0.305. The quantitative estimate of drug-likeness (QED) is 0.800. The SMILES string of the molecule is CC(=O)Nc1cccc(NC(=O)c2ccccc2SC(C)C)c1. The molecule has 0 bridgehead atoms. The molecule has 0 saturated heterocycles. The summed E-state index contributed by atoms with van der Waals surface area (Å²) in [6.07, 6.45) is 0. The Morgan fingerprint density at radius 2 is 1.61 bits per heavy atom. The van der Waals surface area contributed by atoms with E-state index in [-0.39, 0.29) is 11.8 Å². The molecule has 0 spiro atoms. The Labute approximate surface area is 140 Å². The molecule has 0 atom stereocenters. The summed E-state index contributed by atoms with van der Waals surface area (Å²) in [5.41, 5.74) is 1.95. The second-order valence-electron chi connectivity index (χ2n) is 5.38. The second kappa shape index (κ2) is 7.83. The van der Waals surface area contributed by atoms with E-state index in [1.807, 2.05) is 24.3 Å². The van der Waals surface area contributed by atoms with Gasteiger partial charge < -0.3 is 10.6 Å². The lowest BCUT2D eigenvalue weighted by atomic mass is 10.2. The minimum atomic E-state index is -0.159. The Hall–Kier alpha value is -2.27. The Bertz CT molecular complexity index is 714. The summed E-state index contributed by atoms with van der Waals surface area (Å²) >= 11 is 1.66. The van der Waals surface area contributed by atoms with Gasteiger partial charge in [0, 0.05) is 28.4 Å². The number of anilines is 2. The van der Waals surface area contributed by atoms with Gasteiger partial charge >= 0.3 is 0 Å². The summed E-state index contributed by atoms with van der Waals surface area (Å²) in [6, 6.07) is 14.6. The van der Waals surface area contributed by atoms with Gasteiger partial charge in [-0.05, 0) is 30.3 Å². The minimum Gasteiger partial charge on any atom is -0.326 e. The normalized spacial score (nSPS) is 10.4. The van der Waals surface area contributed by atoms with Crippen LogP contribution in [0.1, 0.15) is 31.1 Å². The number of thioether (sulfide) groups is 1. The third-order valence-corrected chi connectivity index (χ3v) is 4.02. The largest absolute Gasteiger partial charge is 0.326 e. The van der Waals surface area contributed by atoms with Crippen LogP contribution >= 0.6 is 11.8 Å². The molecular weight excluding hydrogens is 308 g/mol. The first-order valence-electron chi connectivity index (χ1n) is 7.40. The predicted octanol–water partition coefficient (Wildman–Crippen LogP) is 4.40. The molecule has 0 radical (unpaired) electrons. The molecule has 0 aliphatic heterocycles. The Morgan fingerprint density at radius 1 is 0.957 bits per heavy atom. The molecule has 120 valence electrons. The average molecular weight is 328 g/mol. The molecule has 0 aliphatic rings. The van der Waals surface area contributed by atoms with Gasteiger partial charge in [0.1, 0.15) is 0 Å². The number of carbonyl (C=O) groups is 2. The lowest BCUT2D eigenvalue weighted by Gasteiger charge is -2.12. The number of rotatable bonds is 5. The summed E-state index contributed by atoms with van der Waals surface area (Å²) in [6.45, 7) is 5.64. The summed E-state index contributed by atoms with van der Waals surface area (Å²) < 4.78 is 0. The Balaban J connectivity index is 2.18. The van der Waals surface area contributed by atoms with E-state index in [2.05, 4.69) is 24.5 Å². The Kier molecular flexibility index (Phi) is 5.82. The first kappa shape index (κ1) is 17.1. The molecule has 0 aromatic heterocycles. The van der Waals surface area contributed by atoms with Gasteiger partial charge in [-0.15, -0.1) is 11.8 Å². The standard InChI is InChI=1S/C18H20N2O2S/c1-12(2)23-17-10-5-4-9-16(17)18(22)20-15-8-6-7-14(11-15)19-13(3)21/h4-12H,1-3H3,(H,19,21)(H,20,22). The third-order valence-electron chi connectivity index (χ3n) is 2.94. The van der Waals surface area contributed by atoms with Crippen LogP contribution in [0.5, 0.6) is 0 Å². The molecule has 0 aliphatic carbocycles. The monoisotopic (exact) mass is 328 g/mol. The maximum atomic E-state index is 12.5. The molecule has 2 aromatic carbocycles. The lowest BCUT2D eigenvalue weighted by Crippen LogP contribution is -2.14. The summed E-state index contributed by atoms with van der Waals surface area (Å²) in [5, 5.41) is 5.98. The van der Waals surface area contributed by atoms with Crippen molar-refractivity contribution in [3.63, 3.8) is 0 Å². The lowest BCUT2D eigenvalue weighted by molar-refractivity contribution is -0.114. The van der Waals surface area contributed by atoms with Crippen molar-refractivity contribution < 1.29 is 9.59 Å². The van der Waals surface area contributed by atoms with E-state index in [0.29, 0.717) is 22.2 Å². The van der Waals surface area contributed by atoms with Gasteiger partial charge in [0.05, 0.1) is 5.56 Å². The average Bonchev–Trinajstić information content (AvgIpc) is 2.46. The highest BCUT2D eigenvalue weighted by atomic mass is 32.2. The van der Waals surface area contributed by atoms with E-state index in [4.69, 9.17) is 0 Å². The fourth-order valence-electron chi connectivity index (χ4n) is 2.09. The zero-order chi connectivity index (χ0) is 16.8. The fourth-order valence-corrected chi connectivity index (χ4v) is 3.04. The van der Waals surface area contributed by atoms with Gasteiger partial charge in [-0.2, -0.15) is 0 Å². The van der Waals surface area contributed by atoms with Crippen LogP contribution in [0.4, 0.5) is 11.4 Å². The smallest absolute Gasteiger partial charge is 0.256 e. The van der Waals surface area contributed by atoms with Crippen molar-refractivity contribution in [2.75, 3.05) is 10.6 Å². The number of carbonyl (C=O) groups excluding carboxylic acids is 2. The van der Waals surface area contributed by atoms with E-state index in [9.17, 15) is 9.59 Å². The van der Waals surface area contributed by atoms with E-state index >= 15 is 0 Å². The van der Waals surface area contributed by atoms with Crippen LogP contribution in [0.3, 0.4) is 0 Å². The maximum Gasteiger partial charge on any atom is 0.256 e. The third kappa shape index (κ3) is 5.14. The number of hydrogen-bond donors (Lipinski definition) is 2. The van der Waals surface area contributed by atoms with Gasteiger partial charge in [-0.3, -0.25) is 9.59 Å².